The number of piperazine rings is 1. The molecule has 1 atom stereocenters. The van der Waals surface area contributed by atoms with Crippen LogP contribution in [0.2, 0.25) is 0 Å². The van der Waals surface area contributed by atoms with Crippen molar-refractivity contribution in [2.24, 2.45) is 0 Å². The third-order valence-electron chi connectivity index (χ3n) is 5.41. The molecule has 0 radical (unpaired) electrons. The van der Waals surface area contributed by atoms with Gasteiger partial charge in [0, 0.05) is 32.7 Å². The van der Waals surface area contributed by atoms with Gasteiger partial charge in [0.2, 0.25) is 10.0 Å². The Morgan fingerprint density at radius 1 is 1.03 bits per heavy atom. The number of nitrogens with one attached hydrogen (secondary N) is 1. The van der Waals surface area contributed by atoms with E-state index in [1.54, 1.807) is 24.3 Å². The van der Waals surface area contributed by atoms with Gasteiger partial charge in [-0.25, -0.2) is 17.9 Å². The van der Waals surface area contributed by atoms with Gasteiger partial charge in [-0.15, -0.1) is 0 Å². The molecule has 162 valence electrons. The second kappa shape index (κ2) is 10.2. The van der Waals surface area contributed by atoms with Gasteiger partial charge in [-0.3, -0.25) is 4.90 Å². The lowest BCUT2D eigenvalue weighted by atomic mass is 10.1. The zero-order valence-electron chi connectivity index (χ0n) is 17.5. The number of likely N-dealkylation sites (N-methyl/N-ethyl adjacent to an activating group) is 1. The molecule has 3 rings (SSSR count). The summed E-state index contributed by atoms with van der Waals surface area (Å²) in [4.78, 5) is 16.0. The lowest BCUT2D eigenvalue weighted by molar-refractivity contribution is 0.0600. The fourth-order valence-electron chi connectivity index (χ4n) is 3.56. The molecule has 1 heterocycles. The Morgan fingerprint density at radius 2 is 1.67 bits per heavy atom. The molecule has 0 spiro atoms. The van der Waals surface area contributed by atoms with Crippen LogP contribution in [0.5, 0.6) is 0 Å². The van der Waals surface area contributed by atoms with Crippen LogP contribution in [0.1, 0.15) is 27.5 Å². The fourth-order valence-corrected chi connectivity index (χ4v) is 4.88. The number of nitrogens with zero attached hydrogens (tertiary/aromatic N) is 2. The van der Waals surface area contributed by atoms with Crippen LogP contribution in [0.15, 0.2) is 54.6 Å². The summed E-state index contributed by atoms with van der Waals surface area (Å²) in [5, 5.41) is 0. The smallest absolute Gasteiger partial charge is 0.337 e. The number of methoxy groups -OCH3 is 1. The first-order valence-electron chi connectivity index (χ1n) is 10.00. The molecular weight excluding hydrogens is 402 g/mol. The van der Waals surface area contributed by atoms with Gasteiger partial charge < -0.3 is 9.64 Å². The molecule has 1 aliphatic heterocycles. The molecule has 1 aliphatic rings. The van der Waals surface area contributed by atoms with Crippen LogP contribution in [-0.2, 0) is 21.3 Å². The van der Waals surface area contributed by atoms with E-state index in [9.17, 15) is 13.2 Å². The molecule has 0 amide bonds. The largest absolute Gasteiger partial charge is 0.465 e. The number of carbonyl (C=O) groups excluding carboxylic acids is 1. The van der Waals surface area contributed by atoms with Crippen molar-refractivity contribution >= 4 is 16.0 Å². The zero-order chi connectivity index (χ0) is 21.6. The number of rotatable bonds is 8. The second-order valence-electron chi connectivity index (χ2n) is 7.56. The summed E-state index contributed by atoms with van der Waals surface area (Å²) in [5.74, 6) is -0.416. The molecule has 1 fully saturated rings. The van der Waals surface area contributed by atoms with E-state index in [0.717, 1.165) is 37.3 Å². The SMILES string of the molecule is COC(=O)c1ccc(CNS(=O)(=O)CC(c2ccccc2)N2CCN(C)CC2)cc1. The third-order valence-corrected chi connectivity index (χ3v) is 6.75. The second-order valence-corrected chi connectivity index (χ2v) is 9.41. The van der Waals surface area contributed by atoms with E-state index in [0.29, 0.717) is 5.56 Å². The van der Waals surface area contributed by atoms with Crippen molar-refractivity contribution in [2.45, 2.75) is 12.6 Å². The number of carbonyl (C=O) groups is 1. The van der Waals surface area contributed by atoms with Crippen LogP contribution in [0.25, 0.3) is 0 Å². The van der Waals surface area contributed by atoms with Crippen molar-refractivity contribution in [3.63, 3.8) is 0 Å². The molecule has 1 N–H and O–H groups in total. The van der Waals surface area contributed by atoms with Crippen LogP contribution >= 0.6 is 0 Å². The Hall–Kier alpha value is -2.26. The predicted octanol–water partition coefficient (Wildman–Crippen LogP) is 1.88. The molecule has 0 aliphatic carbocycles. The van der Waals surface area contributed by atoms with E-state index >= 15 is 0 Å². The van der Waals surface area contributed by atoms with Gasteiger partial charge in [-0.05, 0) is 30.3 Å². The fraction of sp³-hybridized carbons (Fsp3) is 0.409. The van der Waals surface area contributed by atoms with Crippen LogP contribution in [0, 0.1) is 0 Å². The number of hydrogen-bond donors (Lipinski definition) is 1. The maximum Gasteiger partial charge on any atom is 0.337 e. The molecule has 0 bridgehead atoms. The Morgan fingerprint density at radius 3 is 2.27 bits per heavy atom. The summed E-state index contributed by atoms with van der Waals surface area (Å²) in [6.45, 7) is 3.68. The molecule has 0 aromatic heterocycles. The van der Waals surface area contributed by atoms with Gasteiger partial charge in [0.25, 0.3) is 0 Å². The molecule has 8 heteroatoms. The van der Waals surface area contributed by atoms with E-state index in [-0.39, 0.29) is 18.3 Å². The average molecular weight is 432 g/mol. The molecule has 30 heavy (non-hydrogen) atoms. The highest BCUT2D eigenvalue weighted by Gasteiger charge is 2.28. The van der Waals surface area contributed by atoms with Crippen molar-refractivity contribution in [1.82, 2.24) is 14.5 Å². The van der Waals surface area contributed by atoms with Crippen LogP contribution in [0.4, 0.5) is 0 Å². The molecule has 2 aromatic rings. The van der Waals surface area contributed by atoms with Gasteiger partial charge in [0.15, 0.2) is 0 Å². The van der Waals surface area contributed by atoms with E-state index in [1.165, 1.54) is 7.11 Å². The first-order valence-corrected chi connectivity index (χ1v) is 11.7. The van der Waals surface area contributed by atoms with Crippen molar-refractivity contribution in [3.8, 4) is 0 Å². The normalized spacial score (nSPS) is 16.9. The minimum atomic E-state index is -3.52. The standard InChI is InChI=1S/C22H29N3O4S/c1-24-12-14-25(15-13-24)21(19-6-4-3-5-7-19)17-30(27,28)23-16-18-8-10-20(11-9-18)22(26)29-2/h3-11,21,23H,12-17H2,1-2H3. The summed E-state index contributed by atoms with van der Waals surface area (Å²) in [7, 11) is -0.109. The average Bonchev–Trinajstić information content (AvgIpc) is 2.77. The minimum Gasteiger partial charge on any atom is -0.465 e. The van der Waals surface area contributed by atoms with Crippen molar-refractivity contribution in [2.75, 3.05) is 46.1 Å². The molecule has 1 saturated heterocycles. The maximum atomic E-state index is 12.9. The first kappa shape index (κ1) is 22.4. The van der Waals surface area contributed by atoms with E-state index in [1.807, 2.05) is 30.3 Å². The van der Waals surface area contributed by atoms with Crippen molar-refractivity contribution in [1.29, 1.82) is 0 Å². The van der Waals surface area contributed by atoms with Gasteiger partial charge >= 0.3 is 5.97 Å². The number of hydrogen-bond acceptors (Lipinski definition) is 6. The van der Waals surface area contributed by atoms with E-state index in [4.69, 9.17) is 0 Å². The molecule has 2 aromatic carbocycles. The van der Waals surface area contributed by atoms with E-state index in [2.05, 4.69) is 26.3 Å². The topological polar surface area (TPSA) is 78.9 Å². The monoisotopic (exact) mass is 431 g/mol. The molecule has 0 saturated carbocycles. The Bertz CT molecular complexity index is 925. The van der Waals surface area contributed by atoms with Crippen molar-refractivity contribution in [3.05, 3.63) is 71.3 Å². The van der Waals surface area contributed by atoms with Crippen LogP contribution < -0.4 is 4.72 Å². The molecule has 7 nitrogen and oxygen atoms in total. The number of esters is 1. The quantitative estimate of drug-likeness (QED) is 0.643. The third kappa shape index (κ3) is 6.12. The highest BCUT2D eigenvalue weighted by atomic mass is 32.2. The summed E-state index contributed by atoms with van der Waals surface area (Å²) < 4.78 is 33.2. The van der Waals surface area contributed by atoms with Gasteiger partial charge in [-0.2, -0.15) is 0 Å². The Kier molecular flexibility index (Phi) is 7.60. The lowest BCUT2D eigenvalue weighted by Gasteiger charge is -2.38. The molecule has 1 unspecified atom stereocenters. The number of benzene rings is 2. The highest BCUT2D eigenvalue weighted by molar-refractivity contribution is 7.89. The minimum absolute atomic E-state index is 0.000964. The number of sulfonamides is 1. The van der Waals surface area contributed by atoms with Crippen molar-refractivity contribution < 1.29 is 17.9 Å². The lowest BCUT2D eigenvalue weighted by Crippen LogP contribution is -2.48. The van der Waals surface area contributed by atoms with Gasteiger partial charge in [0.05, 0.1) is 24.5 Å². The van der Waals surface area contributed by atoms with Gasteiger partial charge in [0.1, 0.15) is 0 Å². The zero-order valence-corrected chi connectivity index (χ0v) is 18.3. The summed E-state index contributed by atoms with van der Waals surface area (Å²) in [5.41, 5.74) is 2.22. The summed E-state index contributed by atoms with van der Waals surface area (Å²) >= 11 is 0. The van der Waals surface area contributed by atoms with Crippen LogP contribution in [0.3, 0.4) is 0 Å². The summed E-state index contributed by atoms with van der Waals surface area (Å²) in [6.07, 6.45) is 0. The number of ether oxygens (including phenoxy) is 1. The highest BCUT2D eigenvalue weighted by Crippen LogP contribution is 2.23. The first-order chi connectivity index (χ1) is 14.4. The van der Waals surface area contributed by atoms with Crippen LogP contribution in [-0.4, -0.2) is 70.3 Å². The Balaban J connectivity index is 1.68. The Labute approximate surface area is 178 Å². The van der Waals surface area contributed by atoms with Gasteiger partial charge in [-0.1, -0.05) is 42.5 Å². The maximum absolute atomic E-state index is 12.9. The van der Waals surface area contributed by atoms with E-state index < -0.39 is 16.0 Å². The predicted molar refractivity (Wildman–Crippen MR) is 117 cm³/mol. The molecular formula is C22H29N3O4S. The summed E-state index contributed by atoms with van der Waals surface area (Å²) in [6, 6.07) is 16.3.